The van der Waals surface area contributed by atoms with Crippen molar-refractivity contribution in [1.29, 1.82) is 0 Å². The Balaban J connectivity index is 0.000000156. The van der Waals surface area contributed by atoms with Crippen LogP contribution in [0.3, 0.4) is 0 Å². The largest absolute Gasteiger partial charge is 0.495 e. The summed E-state index contributed by atoms with van der Waals surface area (Å²) in [6, 6.07) is 12.3. The van der Waals surface area contributed by atoms with Crippen molar-refractivity contribution in [3.63, 3.8) is 0 Å². The van der Waals surface area contributed by atoms with E-state index in [1.807, 2.05) is 0 Å². The molecule has 7 aromatic rings. The molecule has 1 atom stereocenters. The topological polar surface area (TPSA) is 155 Å². The third kappa shape index (κ3) is 9.87. The molecule has 0 radical (unpaired) electrons. The van der Waals surface area contributed by atoms with E-state index >= 15 is 0 Å². The minimum absolute atomic E-state index is 0.0656. The predicted octanol–water partition coefficient (Wildman–Crippen LogP) is 8.76. The maximum Gasteiger partial charge on any atom is 0.256 e. The van der Waals surface area contributed by atoms with Crippen LogP contribution in [-0.2, 0) is 4.74 Å². The van der Waals surface area contributed by atoms with Crippen LogP contribution in [0.5, 0.6) is 34.5 Å². The fourth-order valence-electron chi connectivity index (χ4n) is 6.04. The Labute approximate surface area is 354 Å². The zero-order valence-corrected chi connectivity index (χ0v) is 34.7. The summed E-state index contributed by atoms with van der Waals surface area (Å²) in [7, 11) is 9.96. The number of ether oxygens (including phenoxy) is 7. The summed E-state index contributed by atoms with van der Waals surface area (Å²) in [4.78, 5) is 31.6. The van der Waals surface area contributed by atoms with E-state index in [4.69, 9.17) is 44.8 Å². The van der Waals surface area contributed by atoms with E-state index in [2.05, 4.69) is 20.3 Å². The molecule has 13 nitrogen and oxygen atoms in total. The van der Waals surface area contributed by atoms with Crippen LogP contribution in [0.25, 0.3) is 38.1 Å². The van der Waals surface area contributed by atoms with Crippen molar-refractivity contribution in [2.24, 2.45) is 0 Å². The van der Waals surface area contributed by atoms with Gasteiger partial charge in [0, 0.05) is 45.9 Å². The number of H-pyrrole nitrogens is 2. The third-order valence-electron chi connectivity index (χ3n) is 9.14. The van der Waals surface area contributed by atoms with Gasteiger partial charge in [-0.1, -0.05) is 11.6 Å². The van der Waals surface area contributed by atoms with Gasteiger partial charge in [0.2, 0.25) is 0 Å². The molecule has 0 saturated heterocycles. The average molecular weight is 885 g/mol. The lowest BCUT2D eigenvalue weighted by Crippen LogP contribution is -2.19. The summed E-state index contributed by atoms with van der Waals surface area (Å²) in [5.74, 6) is -0.309. The van der Waals surface area contributed by atoms with Crippen molar-refractivity contribution in [3.8, 4) is 34.5 Å². The minimum Gasteiger partial charge on any atom is -0.495 e. The first-order chi connectivity index (χ1) is 29.7. The summed E-state index contributed by atoms with van der Waals surface area (Å²) in [5.41, 5.74) is 0.0334. The van der Waals surface area contributed by atoms with Crippen molar-refractivity contribution in [2.45, 2.75) is 6.30 Å². The molecule has 8 rings (SSSR count). The monoisotopic (exact) mass is 884 g/mol. The van der Waals surface area contributed by atoms with E-state index in [-0.39, 0.29) is 50.2 Å². The van der Waals surface area contributed by atoms with Gasteiger partial charge in [-0.25, -0.2) is 26.9 Å². The molecule has 4 aromatic carbocycles. The smallest absolute Gasteiger partial charge is 0.256 e. The fourth-order valence-corrected chi connectivity index (χ4v) is 6.24. The maximum absolute atomic E-state index is 13.5. The van der Waals surface area contributed by atoms with Gasteiger partial charge < -0.3 is 48.4 Å². The summed E-state index contributed by atoms with van der Waals surface area (Å²) >= 11 is 5.88. The molecule has 19 heteroatoms. The number of benzene rings is 4. The Bertz CT molecular complexity index is 2890. The van der Waals surface area contributed by atoms with Crippen molar-refractivity contribution in [3.05, 3.63) is 140 Å². The van der Waals surface area contributed by atoms with E-state index in [0.717, 1.165) is 12.1 Å². The second kappa shape index (κ2) is 20.4. The molecule has 0 spiro atoms. The molecule has 1 aliphatic rings. The standard InChI is InChI=1S/C11H9ClFNO2.C11H11F2NO2.C11H10FNO3.C10H8FNO2/c1-15-9-4-6-7(3-8(9)13)11(12)14-5-10(6)16-2;1-15-9-4-6-7(3-8(9)12)11(13)14-5-10(6)16-2;1-15-9-4-6-7(3-8(9)12)11(14)13-5-10(6)16-2;1-14-9-4-6-2-3-12-10(13)7(6)5-8(9)11/h3-5H,1-2H3;3-5,11,14H,1-2H3;3-5H,1-2H3,(H,13,14);2-5H,1H3,(H,12,13). The van der Waals surface area contributed by atoms with Crippen LogP contribution in [0.2, 0.25) is 5.15 Å². The lowest BCUT2D eigenvalue weighted by Gasteiger charge is -2.22. The number of aromatic nitrogens is 3. The molecule has 326 valence electrons. The molecule has 0 amide bonds. The van der Waals surface area contributed by atoms with Gasteiger partial charge in [0.25, 0.3) is 11.1 Å². The Hall–Kier alpha value is -7.21. The summed E-state index contributed by atoms with van der Waals surface area (Å²) in [6.07, 6.45) is 4.41. The van der Waals surface area contributed by atoms with E-state index in [1.54, 1.807) is 6.07 Å². The van der Waals surface area contributed by atoms with Crippen LogP contribution >= 0.6 is 11.6 Å². The summed E-state index contributed by atoms with van der Waals surface area (Å²) < 4.78 is 102. The second-order valence-electron chi connectivity index (χ2n) is 12.6. The number of nitrogens with one attached hydrogen (secondary N) is 3. The molecule has 0 aliphatic carbocycles. The Morgan fingerprint density at radius 2 is 1.06 bits per heavy atom. The van der Waals surface area contributed by atoms with Crippen molar-refractivity contribution >= 4 is 49.7 Å². The van der Waals surface area contributed by atoms with Crippen molar-refractivity contribution in [1.82, 2.24) is 20.3 Å². The molecule has 4 heterocycles. The van der Waals surface area contributed by atoms with Crippen molar-refractivity contribution < 1.29 is 55.1 Å². The third-order valence-corrected chi connectivity index (χ3v) is 9.44. The zero-order valence-electron chi connectivity index (χ0n) is 34.0. The normalized spacial score (nSPS) is 12.5. The van der Waals surface area contributed by atoms with Crippen LogP contribution in [0.4, 0.5) is 22.0 Å². The molecule has 1 aliphatic heterocycles. The van der Waals surface area contributed by atoms with Gasteiger partial charge >= 0.3 is 0 Å². The molecule has 1 unspecified atom stereocenters. The van der Waals surface area contributed by atoms with E-state index in [9.17, 15) is 31.5 Å². The van der Waals surface area contributed by atoms with Gasteiger partial charge in [-0.2, -0.15) is 0 Å². The van der Waals surface area contributed by atoms with Gasteiger partial charge in [0.15, 0.2) is 52.6 Å². The van der Waals surface area contributed by atoms with Crippen LogP contribution in [0, 0.1) is 23.3 Å². The second-order valence-corrected chi connectivity index (χ2v) is 12.9. The van der Waals surface area contributed by atoms with Crippen molar-refractivity contribution in [2.75, 3.05) is 49.8 Å². The van der Waals surface area contributed by atoms with E-state index < -0.39 is 29.6 Å². The number of aromatic amines is 2. The number of rotatable bonds is 7. The van der Waals surface area contributed by atoms with Crippen LogP contribution in [0.1, 0.15) is 17.4 Å². The molecule has 0 bridgehead atoms. The SMILES string of the molecule is COC1=CNC(F)c2cc(F)c(OC)cc21.COc1cc2c(OC)c[nH]c(=O)c2cc1F.COc1cc2c(OC)cnc(Cl)c2cc1F.COc1cc2cc[nH]c(=O)c2cc1F. The zero-order chi connectivity index (χ0) is 45.2. The first-order valence-corrected chi connectivity index (χ1v) is 18.3. The first kappa shape index (κ1) is 45.9. The number of nitrogens with zero attached hydrogens (tertiary/aromatic N) is 1. The molecule has 3 aromatic heterocycles. The number of hydrogen-bond acceptors (Lipinski definition) is 11. The van der Waals surface area contributed by atoms with E-state index in [0.29, 0.717) is 49.8 Å². The maximum atomic E-state index is 13.5. The van der Waals surface area contributed by atoms with Gasteiger partial charge in [0.05, 0.1) is 66.7 Å². The predicted molar refractivity (Wildman–Crippen MR) is 223 cm³/mol. The molecule has 0 fully saturated rings. The minimum atomic E-state index is -1.44. The van der Waals surface area contributed by atoms with Crippen LogP contribution in [0.15, 0.2) is 89.0 Å². The fraction of sp³-hybridized carbons (Fsp3) is 0.186. The number of methoxy groups -OCH3 is 7. The highest BCUT2D eigenvalue weighted by Crippen LogP contribution is 2.36. The lowest BCUT2D eigenvalue weighted by atomic mass is 10.0. The highest BCUT2D eigenvalue weighted by molar-refractivity contribution is 6.34. The number of fused-ring (bicyclic) bond motifs is 4. The number of pyridine rings is 3. The Morgan fingerprint density at radius 1 is 0.565 bits per heavy atom. The highest BCUT2D eigenvalue weighted by atomic mass is 35.5. The van der Waals surface area contributed by atoms with Gasteiger partial charge in [-0.3, -0.25) is 9.59 Å². The quantitative estimate of drug-likeness (QED) is 0.0800. The first-order valence-electron chi connectivity index (χ1n) is 17.9. The van der Waals surface area contributed by atoms with Gasteiger partial charge in [-0.15, -0.1) is 0 Å². The Morgan fingerprint density at radius 3 is 1.65 bits per heavy atom. The number of alkyl halides is 1. The summed E-state index contributed by atoms with van der Waals surface area (Å²) in [5, 5.41) is 5.58. The molecular formula is C43H38ClF5N4O9. The lowest BCUT2D eigenvalue weighted by molar-refractivity contribution is 0.290. The average Bonchev–Trinajstić information content (AvgIpc) is 3.27. The van der Waals surface area contributed by atoms with E-state index in [1.165, 1.54) is 111 Å². The molecule has 3 N–H and O–H groups in total. The number of halogens is 6. The molecular weight excluding hydrogens is 847 g/mol. The van der Waals surface area contributed by atoms with Crippen LogP contribution in [-0.4, -0.2) is 64.7 Å². The number of hydrogen-bond donors (Lipinski definition) is 3. The van der Waals surface area contributed by atoms with Gasteiger partial charge in [0.1, 0.15) is 22.4 Å². The highest BCUT2D eigenvalue weighted by Gasteiger charge is 2.24. The van der Waals surface area contributed by atoms with Gasteiger partial charge in [-0.05, 0) is 60.0 Å². The summed E-state index contributed by atoms with van der Waals surface area (Å²) in [6.45, 7) is 0. The Kier molecular flexibility index (Phi) is 15.1. The molecule has 0 saturated carbocycles. The van der Waals surface area contributed by atoms with Crippen LogP contribution < -0.4 is 44.9 Å². The molecule has 62 heavy (non-hydrogen) atoms.